The Morgan fingerprint density at radius 3 is 2.38 bits per heavy atom. The topological polar surface area (TPSA) is 76.1 Å². The Morgan fingerprint density at radius 2 is 1.88 bits per heavy atom. The Labute approximate surface area is 141 Å². The number of benzene rings is 1. The number of nitrogens with zero attached hydrogens (tertiary/aromatic N) is 1. The summed E-state index contributed by atoms with van der Waals surface area (Å²) in [6.07, 6.45) is 2.65. The second kappa shape index (κ2) is 6.81. The van der Waals surface area contributed by atoms with E-state index in [0.717, 1.165) is 31.2 Å². The first-order chi connectivity index (χ1) is 11.6. The maximum atomic E-state index is 12.7. The Hall–Kier alpha value is -2.08. The normalized spacial score (nSPS) is 19.4. The molecule has 1 amide bonds. The number of aliphatic carboxylic acids is 1. The monoisotopic (exact) mass is 333 g/mol. The van der Waals surface area contributed by atoms with Crippen LogP contribution < -0.4 is 0 Å². The fourth-order valence-corrected chi connectivity index (χ4v) is 3.26. The zero-order chi connectivity index (χ0) is 17.2. The van der Waals surface area contributed by atoms with E-state index < -0.39 is 17.6 Å². The van der Waals surface area contributed by atoms with E-state index in [1.54, 1.807) is 0 Å². The number of hydrogen-bond donors (Lipinski definition) is 1. The van der Waals surface area contributed by atoms with Gasteiger partial charge in [-0.05, 0) is 37.2 Å². The van der Waals surface area contributed by atoms with Gasteiger partial charge in [-0.1, -0.05) is 30.3 Å². The fourth-order valence-electron chi connectivity index (χ4n) is 3.26. The molecule has 6 heteroatoms. The Balaban J connectivity index is 1.79. The van der Waals surface area contributed by atoms with E-state index in [1.807, 2.05) is 30.3 Å². The standard InChI is InChI=1S/C18H23NO5/c1-23-12-18(16(20)21,14-7-8-14)19(15-9-10-15)17(22)24-11-13-5-3-2-4-6-13/h2-6,14-15H,7-12H2,1H3,(H,20,21). The van der Waals surface area contributed by atoms with Gasteiger partial charge in [0.25, 0.3) is 0 Å². The van der Waals surface area contributed by atoms with Crippen molar-refractivity contribution >= 4 is 12.1 Å². The number of ether oxygens (including phenoxy) is 2. The first-order valence-electron chi connectivity index (χ1n) is 8.32. The van der Waals surface area contributed by atoms with Gasteiger partial charge in [0, 0.05) is 13.2 Å². The summed E-state index contributed by atoms with van der Waals surface area (Å²) in [5.41, 5.74) is -0.440. The smallest absolute Gasteiger partial charge is 0.411 e. The lowest BCUT2D eigenvalue weighted by atomic mass is 9.91. The van der Waals surface area contributed by atoms with Crippen molar-refractivity contribution < 1.29 is 24.2 Å². The van der Waals surface area contributed by atoms with Crippen LogP contribution in [-0.2, 0) is 20.9 Å². The molecule has 1 N–H and O–H groups in total. The van der Waals surface area contributed by atoms with Crippen LogP contribution in [0.3, 0.4) is 0 Å². The van der Waals surface area contributed by atoms with Crippen LogP contribution in [-0.4, -0.2) is 47.4 Å². The molecule has 1 unspecified atom stereocenters. The Morgan fingerprint density at radius 1 is 1.21 bits per heavy atom. The second-order valence-corrected chi connectivity index (χ2v) is 6.58. The Kier molecular flexibility index (Phi) is 4.76. The van der Waals surface area contributed by atoms with Gasteiger partial charge in [-0.15, -0.1) is 0 Å². The molecule has 0 aliphatic heterocycles. The minimum Gasteiger partial charge on any atom is -0.479 e. The van der Waals surface area contributed by atoms with Crippen LogP contribution in [0, 0.1) is 5.92 Å². The highest BCUT2D eigenvalue weighted by Crippen LogP contribution is 2.47. The molecular weight excluding hydrogens is 310 g/mol. The van der Waals surface area contributed by atoms with Gasteiger partial charge in [-0.25, -0.2) is 9.59 Å². The molecule has 24 heavy (non-hydrogen) atoms. The lowest BCUT2D eigenvalue weighted by Crippen LogP contribution is -2.62. The molecule has 0 aromatic heterocycles. The molecular formula is C18H23NO5. The van der Waals surface area contributed by atoms with Crippen LogP contribution in [0.15, 0.2) is 30.3 Å². The van der Waals surface area contributed by atoms with E-state index in [4.69, 9.17) is 9.47 Å². The summed E-state index contributed by atoms with van der Waals surface area (Å²) in [7, 11) is 1.47. The quantitative estimate of drug-likeness (QED) is 0.791. The summed E-state index contributed by atoms with van der Waals surface area (Å²) in [6.45, 7) is 0.125. The first kappa shape index (κ1) is 16.8. The third-order valence-electron chi connectivity index (χ3n) is 4.73. The van der Waals surface area contributed by atoms with E-state index in [-0.39, 0.29) is 25.2 Å². The van der Waals surface area contributed by atoms with Crippen molar-refractivity contribution in [3.05, 3.63) is 35.9 Å². The van der Waals surface area contributed by atoms with Crippen molar-refractivity contribution in [2.75, 3.05) is 13.7 Å². The zero-order valence-electron chi connectivity index (χ0n) is 13.8. The van der Waals surface area contributed by atoms with E-state index in [0.29, 0.717) is 0 Å². The largest absolute Gasteiger partial charge is 0.479 e. The summed E-state index contributed by atoms with van der Waals surface area (Å²) >= 11 is 0. The molecule has 0 saturated heterocycles. The van der Waals surface area contributed by atoms with Crippen LogP contribution in [0.4, 0.5) is 4.79 Å². The predicted octanol–water partition coefficient (Wildman–Crippen LogP) is 2.67. The first-order valence-corrected chi connectivity index (χ1v) is 8.32. The van der Waals surface area contributed by atoms with Crippen molar-refractivity contribution in [3.63, 3.8) is 0 Å². The average Bonchev–Trinajstić information content (AvgIpc) is 3.46. The van der Waals surface area contributed by atoms with Gasteiger partial charge in [0.2, 0.25) is 0 Å². The lowest BCUT2D eigenvalue weighted by molar-refractivity contribution is -0.157. The van der Waals surface area contributed by atoms with E-state index in [2.05, 4.69) is 0 Å². The maximum absolute atomic E-state index is 12.7. The molecule has 6 nitrogen and oxygen atoms in total. The minimum absolute atomic E-state index is 0.00998. The van der Waals surface area contributed by atoms with Crippen molar-refractivity contribution in [1.29, 1.82) is 0 Å². The molecule has 2 saturated carbocycles. The minimum atomic E-state index is -1.32. The number of carboxylic acid groups (broad SMARTS) is 1. The number of rotatable bonds is 8. The highest BCUT2D eigenvalue weighted by atomic mass is 16.6. The predicted molar refractivity (Wildman–Crippen MR) is 86.5 cm³/mol. The van der Waals surface area contributed by atoms with Gasteiger partial charge in [0.05, 0.1) is 6.61 Å². The highest BCUT2D eigenvalue weighted by molar-refractivity contribution is 5.86. The molecule has 0 spiro atoms. The molecule has 0 bridgehead atoms. The molecule has 130 valence electrons. The van der Waals surface area contributed by atoms with Crippen molar-refractivity contribution in [3.8, 4) is 0 Å². The van der Waals surface area contributed by atoms with Gasteiger partial charge in [-0.2, -0.15) is 0 Å². The van der Waals surface area contributed by atoms with Crippen molar-refractivity contribution in [2.45, 2.75) is 43.9 Å². The molecule has 0 radical (unpaired) electrons. The third-order valence-corrected chi connectivity index (χ3v) is 4.73. The lowest BCUT2D eigenvalue weighted by Gasteiger charge is -2.40. The summed E-state index contributed by atoms with van der Waals surface area (Å²) in [4.78, 5) is 26.3. The molecule has 1 atom stereocenters. The molecule has 2 aliphatic rings. The molecule has 3 rings (SSSR count). The van der Waals surface area contributed by atoms with E-state index in [1.165, 1.54) is 12.0 Å². The van der Waals surface area contributed by atoms with E-state index in [9.17, 15) is 14.7 Å². The van der Waals surface area contributed by atoms with Gasteiger partial charge >= 0.3 is 12.1 Å². The average molecular weight is 333 g/mol. The van der Waals surface area contributed by atoms with Crippen molar-refractivity contribution in [1.82, 2.24) is 4.90 Å². The van der Waals surface area contributed by atoms with Crippen LogP contribution in [0.25, 0.3) is 0 Å². The summed E-state index contributed by atoms with van der Waals surface area (Å²) < 4.78 is 10.7. The van der Waals surface area contributed by atoms with Gasteiger partial charge in [0.15, 0.2) is 5.54 Å². The van der Waals surface area contributed by atoms with E-state index >= 15 is 0 Å². The summed E-state index contributed by atoms with van der Waals surface area (Å²) in [5.74, 6) is -1.07. The van der Waals surface area contributed by atoms with Crippen molar-refractivity contribution in [2.24, 2.45) is 5.92 Å². The van der Waals surface area contributed by atoms with Gasteiger partial charge in [0.1, 0.15) is 6.61 Å². The summed E-state index contributed by atoms with van der Waals surface area (Å²) in [6, 6.07) is 9.31. The van der Waals surface area contributed by atoms with Gasteiger partial charge < -0.3 is 14.6 Å². The van der Waals surface area contributed by atoms with Crippen LogP contribution >= 0.6 is 0 Å². The second-order valence-electron chi connectivity index (χ2n) is 6.58. The molecule has 1 aromatic rings. The van der Waals surface area contributed by atoms with Crippen LogP contribution in [0.1, 0.15) is 31.2 Å². The number of hydrogen-bond acceptors (Lipinski definition) is 4. The van der Waals surface area contributed by atoms with Crippen LogP contribution in [0.2, 0.25) is 0 Å². The molecule has 1 aromatic carbocycles. The SMILES string of the molecule is COCC(C(=O)O)(C1CC1)N(C(=O)OCc1ccccc1)C1CC1. The maximum Gasteiger partial charge on any atom is 0.411 e. The number of carbonyl (C=O) groups is 2. The zero-order valence-corrected chi connectivity index (χ0v) is 13.8. The number of carboxylic acids is 1. The molecule has 0 heterocycles. The van der Waals surface area contributed by atoms with Gasteiger partial charge in [-0.3, -0.25) is 4.90 Å². The van der Waals surface area contributed by atoms with Crippen LogP contribution in [0.5, 0.6) is 0 Å². The molecule has 2 aliphatic carbocycles. The third kappa shape index (κ3) is 3.24. The fraction of sp³-hybridized carbons (Fsp3) is 0.556. The number of methoxy groups -OCH3 is 1. The highest BCUT2D eigenvalue weighted by Gasteiger charge is 2.60. The number of carbonyl (C=O) groups excluding carboxylic acids is 1. The summed E-state index contributed by atoms with van der Waals surface area (Å²) in [5, 5.41) is 9.92. The number of amides is 1. The molecule has 2 fully saturated rings. The Bertz CT molecular complexity index is 597.